The molecule has 116 valence electrons. The van der Waals surface area contributed by atoms with E-state index in [1.165, 1.54) is 4.31 Å². The number of nitrogens with zero attached hydrogens (tertiary/aromatic N) is 1. The van der Waals surface area contributed by atoms with Crippen molar-refractivity contribution in [2.24, 2.45) is 0 Å². The van der Waals surface area contributed by atoms with Crippen molar-refractivity contribution >= 4 is 10.0 Å². The lowest BCUT2D eigenvalue weighted by atomic mass is 9.97. The first-order chi connectivity index (χ1) is 9.16. The Balaban J connectivity index is 3.07. The Hall–Kier alpha value is -0.690. The zero-order valence-electron chi connectivity index (χ0n) is 12.5. The Bertz CT molecular complexity index is 488. The van der Waals surface area contributed by atoms with Crippen molar-refractivity contribution < 1.29 is 18.6 Å². The van der Waals surface area contributed by atoms with Crippen LogP contribution in [0.3, 0.4) is 0 Å². The summed E-state index contributed by atoms with van der Waals surface area (Å²) < 4.78 is 25.7. The maximum absolute atomic E-state index is 12.6. The van der Waals surface area contributed by atoms with E-state index in [0.717, 1.165) is 11.1 Å². The highest BCUT2D eigenvalue weighted by Crippen LogP contribution is 2.33. The van der Waals surface area contributed by atoms with Crippen LogP contribution in [0.4, 0.5) is 0 Å². The summed E-state index contributed by atoms with van der Waals surface area (Å²) in [6, 6.07) is -0.386. The minimum atomic E-state index is -3.46. The van der Waals surface area contributed by atoms with Gasteiger partial charge in [0, 0.05) is 19.8 Å². The van der Waals surface area contributed by atoms with E-state index < -0.39 is 14.8 Å². The standard InChI is InChI=1S/C14H25NO4S/c1-11(6-9-16)12-5-8-15(13(12)7-10-17)20(18,19)14(2,3)4/h5,13,16-17H,1,6-10H2,2-4H3/t13-/m0/s1. The van der Waals surface area contributed by atoms with Gasteiger partial charge in [-0.1, -0.05) is 12.7 Å². The normalized spacial score (nSPS) is 21.1. The molecule has 5 nitrogen and oxygen atoms in total. The minimum absolute atomic E-state index is 0.0198. The van der Waals surface area contributed by atoms with Gasteiger partial charge >= 0.3 is 0 Å². The average molecular weight is 303 g/mol. The molecule has 1 heterocycles. The van der Waals surface area contributed by atoms with Gasteiger partial charge in [-0.3, -0.25) is 0 Å². The number of sulfonamides is 1. The lowest BCUT2D eigenvalue weighted by molar-refractivity contribution is 0.251. The summed E-state index contributed by atoms with van der Waals surface area (Å²) >= 11 is 0. The highest BCUT2D eigenvalue weighted by molar-refractivity contribution is 7.90. The maximum atomic E-state index is 12.6. The summed E-state index contributed by atoms with van der Waals surface area (Å²) in [7, 11) is -3.46. The number of hydrogen-bond donors (Lipinski definition) is 2. The van der Waals surface area contributed by atoms with Crippen LogP contribution in [0, 0.1) is 0 Å². The second kappa shape index (κ2) is 6.39. The van der Waals surface area contributed by atoms with E-state index in [4.69, 9.17) is 5.11 Å². The molecule has 0 spiro atoms. The second-order valence-corrected chi connectivity index (χ2v) is 8.60. The molecule has 1 atom stereocenters. The van der Waals surface area contributed by atoms with E-state index >= 15 is 0 Å². The van der Waals surface area contributed by atoms with Crippen molar-refractivity contribution in [1.29, 1.82) is 0 Å². The third kappa shape index (κ3) is 3.31. The quantitative estimate of drug-likeness (QED) is 0.769. The van der Waals surface area contributed by atoms with Gasteiger partial charge in [0.05, 0.1) is 10.8 Å². The van der Waals surface area contributed by atoms with Crippen LogP contribution in [0.5, 0.6) is 0 Å². The molecule has 0 aromatic heterocycles. The molecule has 20 heavy (non-hydrogen) atoms. The van der Waals surface area contributed by atoms with Gasteiger partial charge in [0.2, 0.25) is 10.0 Å². The van der Waals surface area contributed by atoms with Gasteiger partial charge in [-0.25, -0.2) is 8.42 Å². The molecule has 0 saturated heterocycles. The molecule has 2 N–H and O–H groups in total. The van der Waals surface area contributed by atoms with E-state index in [0.29, 0.717) is 19.4 Å². The first-order valence-electron chi connectivity index (χ1n) is 6.78. The number of aliphatic hydroxyl groups is 2. The average Bonchev–Trinajstić information content (AvgIpc) is 2.72. The van der Waals surface area contributed by atoms with E-state index in [1.54, 1.807) is 20.8 Å². The van der Waals surface area contributed by atoms with Crippen molar-refractivity contribution in [3.63, 3.8) is 0 Å². The van der Waals surface area contributed by atoms with Crippen molar-refractivity contribution in [3.05, 3.63) is 23.8 Å². The second-order valence-electron chi connectivity index (χ2n) is 5.95. The Morgan fingerprint density at radius 2 is 2.00 bits per heavy atom. The molecule has 0 bridgehead atoms. The summed E-state index contributed by atoms with van der Waals surface area (Å²) in [6.45, 7) is 9.09. The zero-order valence-corrected chi connectivity index (χ0v) is 13.3. The minimum Gasteiger partial charge on any atom is -0.396 e. The molecule has 0 fully saturated rings. The first kappa shape index (κ1) is 17.4. The highest BCUT2D eigenvalue weighted by Gasteiger charge is 2.42. The van der Waals surface area contributed by atoms with Crippen molar-refractivity contribution in [3.8, 4) is 0 Å². The lowest BCUT2D eigenvalue weighted by Gasteiger charge is -2.32. The van der Waals surface area contributed by atoms with Crippen LogP contribution < -0.4 is 0 Å². The maximum Gasteiger partial charge on any atom is 0.219 e. The Morgan fingerprint density at radius 1 is 1.40 bits per heavy atom. The first-order valence-corrected chi connectivity index (χ1v) is 8.22. The summed E-state index contributed by atoms with van der Waals surface area (Å²) in [5.41, 5.74) is 1.55. The molecular weight excluding hydrogens is 278 g/mol. The van der Waals surface area contributed by atoms with E-state index in [1.807, 2.05) is 6.08 Å². The third-order valence-electron chi connectivity index (χ3n) is 3.50. The molecule has 1 aliphatic heterocycles. The molecule has 0 saturated carbocycles. The van der Waals surface area contributed by atoms with E-state index in [9.17, 15) is 13.5 Å². The number of rotatable bonds is 6. The summed E-state index contributed by atoms with van der Waals surface area (Å²) in [5.74, 6) is 0. The molecular formula is C14H25NO4S. The van der Waals surface area contributed by atoms with E-state index in [2.05, 4.69) is 6.58 Å². The van der Waals surface area contributed by atoms with Gasteiger partial charge in [0.15, 0.2) is 0 Å². The van der Waals surface area contributed by atoms with Crippen LogP contribution in [-0.4, -0.2) is 53.5 Å². The molecule has 0 radical (unpaired) electrons. The molecule has 1 aliphatic rings. The predicted octanol–water partition coefficient (Wildman–Crippen LogP) is 1.05. The monoisotopic (exact) mass is 303 g/mol. The van der Waals surface area contributed by atoms with Gasteiger partial charge in [0.1, 0.15) is 0 Å². The number of aliphatic hydroxyl groups excluding tert-OH is 2. The van der Waals surface area contributed by atoms with Gasteiger partial charge in [-0.15, -0.1) is 0 Å². The Labute approximate surface area is 121 Å². The van der Waals surface area contributed by atoms with Crippen molar-refractivity contribution in [1.82, 2.24) is 4.31 Å². The van der Waals surface area contributed by atoms with Gasteiger partial charge in [0.25, 0.3) is 0 Å². The Kier molecular flexibility index (Phi) is 5.54. The molecule has 1 rings (SSSR count). The van der Waals surface area contributed by atoms with E-state index in [-0.39, 0.29) is 19.3 Å². The summed E-state index contributed by atoms with van der Waals surface area (Å²) in [5, 5.41) is 18.2. The van der Waals surface area contributed by atoms with Crippen LogP contribution in [0.2, 0.25) is 0 Å². The molecule has 0 aromatic rings. The van der Waals surface area contributed by atoms with Gasteiger partial charge < -0.3 is 10.2 Å². The molecule has 6 heteroatoms. The van der Waals surface area contributed by atoms with Crippen molar-refractivity contribution in [2.75, 3.05) is 19.8 Å². The fourth-order valence-corrected chi connectivity index (χ4v) is 3.83. The smallest absolute Gasteiger partial charge is 0.219 e. The SMILES string of the molecule is C=C(CCO)C1=CCN(S(=O)(=O)C(C)(C)C)[C@H]1CCO. The summed E-state index contributed by atoms with van der Waals surface area (Å²) in [4.78, 5) is 0. The van der Waals surface area contributed by atoms with Crippen LogP contribution in [-0.2, 0) is 10.0 Å². The fraction of sp³-hybridized carbons (Fsp3) is 0.714. The molecule has 0 unspecified atom stereocenters. The fourth-order valence-electron chi connectivity index (χ4n) is 2.31. The zero-order chi connectivity index (χ0) is 15.6. The Morgan fingerprint density at radius 3 is 2.45 bits per heavy atom. The molecule has 0 amide bonds. The lowest BCUT2D eigenvalue weighted by Crippen LogP contribution is -2.46. The van der Waals surface area contributed by atoms with Gasteiger partial charge in [-0.2, -0.15) is 4.31 Å². The number of hydrogen-bond acceptors (Lipinski definition) is 4. The molecule has 0 aliphatic carbocycles. The molecule has 0 aromatic carbocycles. The highest BCUT2D eigenvalue weighted by atomic mass is 32.2. The predicted molar refractivity (Wildman–Crippen MR) is 79.8 cm³/mol. The van der Waals surface area contributed by atoms with Crippen LogP contribution in [0.15, 0.2) is 23.8 Å². The van der Waals surface area contributed by atoms with Gasteiger partial charge in [-0.05, 0) is 44.8 Å². The van der Waals surface area contributed by atoms with Crippen LogP contribution in [0.1, 0.15) is 33.6 Å². The van der Waals surface area contributed by atoms with Crippen LogP contribution in [0.25, 0.3) is 0 Å². The third-order valence-corrected chi connectivity index (χ3v) is 6.07. The van der Waals surface area contributed by atoms with Crippen molar-refractivity contribution in [2.45, 2.75) is 44.4 Å². The van der Waals surface area contributed by atoms with Crippen LogP contribution >= 0.6 is 0 Å². The topological polar surface area (TPSA) is 77.8 Å². The summed E-state index contributed by atoms with van der Waals surface area (Å²) in [6.07, 6.45) is 2.59. The largest absolute Gasteiger partial charge is 0.396 e.